The summed E-state index contributed by atoms with van der Waals surface area (Å²) in [7, 11) is 0. The SMILES string of the molecule is Cc1ccccc1N1c2cccnc2N(c2ccccc2)C1C.Cc1ccccc1N1c2nccnc2N(c2ccccc2)C1C.[2H]C([2H])([2H])N1C=CN(c2ccccc2C)C1C.[2H]C([2H])([2H])N1c2ccccc2N(c2ccccc2C)C1C.[2H]C([2H])([2H])N1c2cccnc2N(c2ccccc2C)C1C. The smallest absolute Gasteiger partial charge is 0.178 e. The molecule has 486 valence electrons. The Balaban J connectivity index is 0.000000124. The van der Waals surface area contributed by atoms with Gasteiger partial charge in [0.1, 0.15) is 30.8 Å². The predicted molar refractivity (Wildman–Crippen MR) is 402 cm³/mol. The molecule has 3 aromatic heterocycles. The number of hydrogen-bond acceptors (Lipinski definition) is 14. The molecule has 14 heteroatoms. The van der Waals surface area contributed by atoms with E-state index < -0.39 is 20.9 Å². The van der Waals surface area contributed by atoms with Crippen LogP contribution in [0.2, 0.25) is 0 Å². The Bertz CT molecular complexity index is 4570. The van der Waals surface area contributed by atoms with Crippen LogP contribution in [0.1, 0.15) is 74.8 Å². The molecule has 0 amide bonds. The number of rotatable bonds is 7. The summed E-state index contributed by atoms with van der Waals surface area (Å²) < 4.78 is 69.2. The maximum absolute atomic E-state index is 7.83. The highest BCUT2D eigenvalue weighted by Gasteiger charge is 2.39. The van der Waals surface area contributed by atoms with Crippen molar-refractivity contribution in [3.8, 4) is 0 Å². The number of para-hydroxylation sites is 9. The van der Waals surface area contributed by atoms with Crippen LogP contribution in [0.25, 0.3) is 0 Å². The van der Waals surface area contributed by atoms with E-state index in [0.717, 1.165) is 79.6 Å². The van der Waals surface area contributed by atoms with Gasteiger partial charge in [0.2, 0.25) is 0 Å². The van der Waals surface area contributed by atoms with E-state index >= 15 is 0 Å². The molecule has 5 aliphatic rings. The zero-order valence-corrected chi connectivity index (χ0v) is 56.1. The van der Waals surface area contributed by atoms with Gasteiger partial charge < -0.3 is 49.0 Å². The molecule has 0 saturated heterocycles. The van der Waals surface area contributed by atoms with Gasteiger partial charge in [-0.25, -0.2) is 19.9 Å². The summed E-state index contributed by atoms with van der Waals surface area (Å²) in [6.07, 6.45) is 10.0. The molecule has 5 unspecified atom stereocenters. The molecule has 8 heterocycles. The molecule has 11 aromatic rings. The van der Waals surface area contributed by atoms with Crippen molar-refractivity contribution in [2.75, 3.05) is 65.0 Å². The molecule has 0 N–H and O–H groups in total. The van der Waals surface area contributed by atoms with Crippen molar-refractivity contribution in [1.82, 2.24) is 24.8 Å². The van der Waals surface area contributed by atoms with Crippen LogP contribution in [0.3, 0.4) is 0 Å². The molecule has 5 aliphatic heterocycles. The van der Waals surface area contributed by atoms with E-state index in [1.807, 2.05) is 185 Å². The first kappa shape index (κ1) is 54.3. The summed E-state index contributed by atoms with van der Waals surface area (Å²) in [5, 5.41) is 0. The number of aryl methyl sites for hydroxylation is 5. The highest BCUT2D eigenvalue weighted by atomic mass is 15.5. The van der Waals surface area contributed by atoms with Crippen LogP contribution in [0.5, 0.6) is 0 Å². The van der Waals surface area contributed by atoms with Crippen LogP contribution in [0.4, 0.5) is 85.8 Å². The summed E-state index contributed by atoms with van der Waals surface area (Å²) in [4.78, 5) is 37.8. The van der Waals surface area contributed by atoms with E-state index in [1.54, 1.807) is 30.9 Å². The second-order valence-electron chi connectivity index (χ2n) is 24.2. The number of anilines is 15. The first-order chi connectivity index (χ1) is 50.3. The average Bonchev–Trinajstić information content (AvgIpc) is 1.62. The van der Waals surface area contributed by atoms with E-state index in [9.17, 15) is 0 Å². The monoisotopic (exact) mass is 1280 g/mol. The Morgan fingerprint density at radius 1 is 0.260 bits per heavy atom. The minimum atomic E-state index is -2.20. The van der Waals surface area contributed by atoms with Crippen molar-refractivity contribution in [3.63, 3.8) is 0 Å². The van der Waals surface area contributed by atoms with E-state index in [1.165, 1.54) is 37.2 Å². The lowest BCUT2D eigenvalue weighted by atomic mass is 10.1. The molecule has 14 nitrogen and oxygen atoms in total. The highest BCUT2D eigenvalue weighted by molar-refractivity contribution is 5.88. The van der Waals surface area contributed by atoms with Gasteiger partial charge in [-0.1, -0.05) is 140 Å². The Hall–Kier alpha value is -11.1. The van der Waals surface area contributed by atoms with Crippen LogP contribution < -0.4 is 44.1 Å². The number of benzene rings is 8. The van der Waals surface area contributed by atoms with Crippen molar-refractivity contribution in [1.29, 1.82) is 0 Å². The van der Waals surface area contributed by atoms with Gasteiger partial charge in [0.15, 0.2) is 23.3 Å². The lowest BCUT2D eigenvalue weighted by Crippen LogP contribution is -2.36. The van der Waals surface area contributed by atoms with Crippen molar-refractivity contribution in [2.45, 2.75) is 100 Å². The van der Waals surface area contributed by atoms with E-state index in [0.29, 0.717) is 11.5 Å². The third-order valence-electron chi connectivity index (χ3n) is 18.2. The van der Waals surface area contributed by atoms with Crippen molar-refractivity contribution in [3.05, 3.63) is 296 Å². The number of hydrogen-bond donors (Lipinski definition) is 0. The van der Waals surface area contributed by atoms with Gasteiger partial charge in [-0.15, -0.1) is 0 Å². The summed E-state index contributed by atoms with van der Waals surface area (Å²) >= 11 is 0. The number of aromatic nitrogens is 4. The summed E-state index contributed by atoms with van der Waals surface area (Å²) in [5.41, 5.74) is 17.1. The van der Waals surface area contributed by atoms with Crippen LogP contribution in [0, 0.1) is 34.6 Å². The van der Waals surface area contributed by atoms with E-state index in [4.69, 9.17) is 12.3 Å². The van der Waals surface area contributed by atoms with Crippen LogP contribution in [0.15, 0.2) is 268 Å². The zero-order chi connectivity index (χ0) is 74.6. The summed E-state index contributed by atoms with van der Waals surface area (Å²) in [6, 6.07) is 77.1. The largest absolute Gasteiger partial charge is 0.359 e. The van der Waals surface area contributed by atoms with Gasteiger partial charge in [0, 0.05) is 110 Å². The predicted octanol–water partition coefficient (Wildman–Crippen LogP) is 19.3. The molecule has 5 atom stereocenters. The molecule has 0 spiro atoms. The fourth-order valence-electron chi connectivity index (χ4n) is 13.2. The molecular weight excluding hydrogens is 1180 g/mol. The third kappa shape index (κ3) is 12.7. The minimum absolute atomic E-state index is 0.107. The fraction of sp³-hybridized carbons (Fsp3) is 0.220. The van der Waals surface area contributed by atoms with Gasteiger partial charge in [-0.2, -0.15) is 0 Å². The fourth-order valence-corrected chi connectivity index (χ4v) is 13.2. The van der Waals surface area contributed by atoms with Crippen molar-refractivity contribution < 1.29 is 12.3 Å². The molecule has 0 radical (unpaired) electrons. The van der Waals surface area contributed by atoms with Crippen molar-refractivity contribution in [2.24, 2.45) is 0 Å². The molecule has 0 saturated carbocycles. The lowest BCUT2D eigenvalue weighted by Gasteiger charge is -2.30. The van der Waals surface area contributed by atoms with Crippen LogP contribution >= 0.6 is 0 Å². The Labute approximate surface area is 581 Å². The third-order valence-corrected chi connectivity index (χ3v) is 18.2. The van der Waals surface area contributed by atoms with Crippen LogP contribution in [-0.4, -0.2) is 76.6 Å². The van der Waals surface area contributed by atoms with Gasteiger partial charge in [-0.3, -0.25) is 0 Å². The first-order valence-corrected chi connectivity index (χ1v) is 32.6. The van der Waals surface area contributed by atoms with Crippen LogP contribution in [-0.2, 0) is 0 Å². The zero-order valence-electron chi connectivity index (χ0n) is 65.1. The Kier molecular flexibility index (Phi) is 16.2. The second-order valence-corrected chi connectivity index (χ2v) is 24.2. The summed E-state index contributed by atoms with van der Waals surface area (Å²) in [5.74, 6) is 3.50. The molecule has 16 rings (SSSR count). The van der Waals surface area contributed by atoms with Gasteiger partial charge in [0.05, 0.1) is 22.7 Å². The number of nitrogens with zero attached hydrogens (tertiary/aromatic N) is 14. The first-order valence-electron chi connectivity index (χ1n) is 37.1. The van der Waals surface area contributed by atoms with E-state index in [-0.39, 0.29) is 30.8 Å². The quantitative estimate of drug-likeness (QED) is 0.152. The second kappa shape index (κ2) is 28.6. The molecule has 8 aromatic carbocycles. The number of fused-ring (bicyclic) bond motifs is 4. The summed E-state index contributed by atoms with van der Waals surface area (Å²) in [6.45, 7) is 14.0. The maximum atomic E-state index is 7.83. The lowest BCUT2D eigenvalue weighted by molar-refractivity contribution is 0.383. The van der Waals surface area contributed by atoms with Gasteiger partial charge in [0.25, 0.3) is 0 Å². The van der Waals surface area contributed by atoms with Crippen molar-refractivity contribution >= 4 is 85.8 Å². The molecule has 0 fully saturated rings. The molecular formula is C82H88N14. The number of pyridine rings is 2. The molecule has 0 bridgehead atoms. The topological polar surface area (TPSA) is 84.0 Å². The Morgan fingerprint density at radius 3 is 1.06 bits per heavy atom. The molecule has 96 heavy (non-hydrogen) atoms. The normalized spacial score (nSPS) is 19.5. The van der Waals surface area contributed by atoms with Gasteiger partial charge in [-0.05, 0) is 188 Å². The standard InChI is InChI=1S/C20H19N3.C19H18N4.C16H18N2.C15H17N3.C12H16N2/c1-15-9-6-7-12-18(15)23-16(2)22(17-10-4-3-5-11-17)20-19(23)13-8-14-21-20;1-14-8-6-7-11-17(14)23-15(2)22(16-9-4-3-5-10-16)18-19(23)21-13-12-20-18;1-12-8-4-5-9-14(12)18-13(2)17(3)15-10-6-7-11-16(15)18;1-11-7-4-5-8-13(11)18-12(2)17(3)14-9-6-10-16-15(14)18;1-10-6-4-5-7-12(10)14-9-8-13(3)11(14)2/h3-14,16H,1-2H3;3-13,15H,1-2H3;4-11,13H,1-3H3;4-10,12H,1-3H3;4-9,11H,1-3H3/i;;3*3D3. The molecule has 0 aliphatic carbocycles. The average molecular weight is 1280 g/mol. The highest BCUT2D eigenvalue weighted by Crippen LogP contribution is 2.49. The minimum Gasteiger partial charge on any atom is -0.359 e. The Morgan fingerprint density at radius 2 is 0.594 bits per heavy atom. The maximum Gasteiger partial charge on any atom is 0.178 e. The van der Waals surface area contributed by atoms with E-state index in [2.05, 4.69) is 175 Å². The van der Waals surface area contributed by atoms with Gasteiger partial charge >= 0.3 is 0 Å².